The SMILES string of the molecule is CCOc1ccccc1Oc1coc2cc(OC(=O)C=Cc3ccc(C(C)C)cc3)ccc2c1=O. The Balaban J connectivity index is 1.48. The molecule has 4 aromatic rings. The molecular weight excluding hydrogens is 444 g/mol. The minimum Gasteiger partial charge on any atom is -0.490 e. The van der Waals surface area contributed by atoms with Crippen LogP contribution in [0.1, 0.15) is 37.8 Å². The van der Waals surface area contributed by atoms with Crippen LogP contribution in [0.2, 0.25) is 0 Å². The third-order valence-corrected chi connectivity index (χ3v) is 5.32. The summed E-state index contributed by atoms with van der Waals surface area (Å²) >= 11 is 0. The van der Waals surface area contributed by atoms with Crippen molar-refractivity contribution >= 4 is 23.0 Å². The number of carbonyl (C=O) groups is 1. The average molecular weight is 471 g/mol. The first-order valence-corrected chi connectivity index (χ1v) is 11.4. The molecule has 0 aliphatic rings. The van der Waals surface area contributed by atoms with Gasteiger partial charge in [-0.2, -0.15) is 0 Å². The average Bonchev–Trinajstić information content (AvgIpc) is 2.86. The Bertz CT molecular complexity index is 1410. The fraction of sp³-hybridized carbons (Fsp3) is 0.172. The van der Waals surface area contributed by atoms with E-state index in [1.54, 1.807) is 36.4 Å². The molecule has 0 saturated carbocycles. The zero-order valence-corrected chi connectivity index (χ0v) is 19.8. The second kappa shape index (κ2) is 10.7. The topological polar surface area (TPSA) is 75.0 Å². The smallest absolute Gasteiger partial charge is 0.336 e. The van der Waals surface area contributed by atoms with Gasteiger partial charge < -0.3 is 18.6 Å². The van der Waals surface area contributed by atoms with Gasteiger partial charge in [0.15, 0.2) is 11.5 Å². The summed E-state index contributed by atoms with van der Waals surface area (Å²) in [7, 11) is 0. The Morgan fingerprint density at radius 2 is 1.71 bits per heavy atom. The third kappa shape index (κ3) is 5.79. The number of rotatable bonds is 8. The van der Waals surface area contributed by atoms with Gasteiger partial charge in [0.05, 0.1) is 12.0 Å². The lowest BCUT2D eigenvalue weighted by atomic mass is 10.0. The highest BCUT2D eigenvalue weighted by Crippen LogP contribution is 2.31. The first-order chi connectivity index (χ1) is 16.9. The Hall–Kier alpha value is -4.32. The van der Waals surface area contributed by atoms with Crippen molar-refractivity contribution in [1.82, 2.24) is 0 Å². The molecule has 0 bridgehead atoms. The van der Waals surface area contributed by atoms with Crippen molar-refractivity contribution in [2.45, 2.75) is 26.7 Å². The third-order valence-electron chi connectivity index (χ3n) is 5.32. The highest BCUT2D eigenvalue weighted by atomic mass is 16.5. The van der Waals surface area contributed by atoms with Crippen LogP contribution >= 0.6 is 0 Å². The molecule has 0 spiro atoms. The summed E-state index contributed by atoms with van der Waals surface area (Å²) in [4.78, 5) is 25.2. The molecule has 35 heavy (non-hydrogen) atoms. The van der Waals surface area contributed by atoms with Gasteiger partial charge in [0, 0.05) is 12.1 Å². The number of esters is 1. The molecule has 178 valence electrons. The molecule has 0 saturated heterocycles. The van der Waals surface area contributed by atoms with Crippen molar-refractivity contribution < 1.29 is 23.4 Å². The predicted molar refractivity (Wildman–Crippen MR) is 135 cm³/mol. The molecule has 0 amide bonds. The highest BCUT2D eigenvalue weighted by Gasteiger charge is 2.13. The Morgan fingerprint density at radius 3 is 2.43 bits per heavy atom. The summed E-state index contributed by atoms with van der Waals surface area (Å²) in [5.74, 6) is 1.14. The van der Waals surface area contributed by atoms with Gasteiger partial charge in [0.25, 0.3) is 0 Å². The number of ether oxygens (including phenoxy) is 3. The fourth-order valence-electron chi connectivity index (χ4n) is 3.46. The molecule has 0 aliphatic carbocycles. The Labute approximate surface area is 203 Å². The van der Waals surface area contributed by atoms with E-state index in [9.17, 15) is 9.59 Å². The van der Waals surface area contributed by atoms with E-state index in [0.29, 0.717) is 29.4 Å². The number of carbonyl (C=O) groups excluding carboxylic acids is 1. The monoisotopic (exact) mass is 470 g/mol. The highest BCUT2D eigenvalue weighted by molar-refractivity contribution is 5.89. The van der Waals surface area contributed by atoms with Crippen LogP contribution < -0.4 is 19.6 Å². The van der Waals surface area contributed by atoms with Crippen LogP contribution in [0, 0.1) is 0 Å². The minimum absolute atomic E-state index is 0.0285. The van der Waals surface area contributed by atoms with E-state index in [2.05, 4.69) is 13.8 Å². The summed E-state index contributed by atoms with van der Waals surface area (Å²) in [5.41, 5.74) is 2.06. The summed E-state index contributed by atoms with van der Waals surface area (Å²) in [6.45, 7) is 6.59. The molecule has 0 N–H and O–H groups in total. The zero-order chi connectivity index (χ0) is 24.8. The first-order valence-electron chi connectivity index (χ1n) is 11.4. The van der Waals surface area contributed by atoms with Gasteiger partial charge in [-0.3, -0.25) is 4.79 Å². The van der Waals surface area contributed by atoms with Crippen LogP contribution in [-0.4, -0.2) is 12.6 Å². The molecule has 6 nitrogen and oxygen atoms in total. The van der Waals surface area contributed by atoms with Crippen molar-refractivity contribution in [3.8, 4) is 23.0 Å². The lowest BCUT2D eigenvalue weighted by Gasteiger charge is -2.11. The van der Waals surface area contributed by atoms with E-state index in [-0.39, 0.29) is 22.5 Å². The van der Waals surface area contributed by atoms with Crippen molar-refractivity contribution in [3.05, 3.63) is 100 Å². The maximum Gasteiger partial charge on any atom is 0.336 e. The van der Waals surface area contributed by atoms with Gasteiger partial charge in [0.1, 0.15) is 17.6 Å². The minimum atomic E-state index is -0.535. The van der Waals surface area contributed by atoms with Gasteiger partial charge in [-0.1, -0.05) is 50.2 Å². The molecule has 0 fully saturated rings. The first kappa shape index (κ1) is 23.8. The lowest BCUT2D eigenvalue weighted by molar-refractivity contribution is -0.128. The number of hydrogen-bond acceptors (Lipinski definition) is 6. The van der Waals surface area contributed by atoms with Crippen LogP contribution in [0.4, 0.5) is 0 Å². The fourth-order valence-corrected chi connectivity index (χ4v) is 3.46. The van der Waals surface area contributed by atoms with Crippen LogP contribution in [0.5, 0.6) is 23.0 Å². The molecule has 0 aliphatic heterocycles. The summed E-state index contributed by atoms with van der Waals surface area (Å²) < 4.78 is 22.3. The van der Waals surface area contributed by atoms with Gasteiger partial charge in [-0.15, -0.1) is 0 Å². The molecular formula is C29H26O6. The van der Waals surface area contributed by atoms with Crippen molar-refractivity contribution in [3.63, 3.8) is 0 Å². The maximum atomic E-state index is 12.9. The summed E-state index contributed by atoms with van der Waals surface area (Å²) in [5, 5.41) is 0.303. The van der Waals surface area contributed by atoms with Crippen LogP contribution in [-0.2, 0) is 4.79 Å². The van der Waals surface area contributed by atoms with Gasteiger partial charge in [0.2, 0.25) is 11.2 Å². The van der Waals surface area contributed by atoms with Crippen LogP contribution in [0.25, 0.3) is 17.0 Å². The summed E-state index contributed by atoms with van der Waals surface area (Å²) in [6.07, 6.45) is 4.29. The normalized spacial score (nSPS) is 11.2. The lowest BCUT2D eigenvalue weighted by Crippen LogP contribution is -2.07. The summed E-state index contributed by atoms with van der Waals surface area (Å²) in [6, 6.07) is 19.6. The second-order valence-electron chi connectivity index (χ2n) is 8.14. The number of fused-ring (bicyclic) bond motifs is 1. The Kier molecular flexibility index (Phi) is 7.31. The van der Waals surface area contributed by atoms with E-state index < -0.39 is 5.97 Å². The number of hydrogen-bond donors (Lipinski definition) is 0. The molecule has 0 unspecified atom stereocenters. The molecule has 3 aromatic carbocycles. The van der Waals surface area contributed by atoms with Gasteiger partial charge in [-0.05, 0) is 54.3 Å². The Morgan fingerprint density at radius 1 is 0.971 bits per heavy atom. The maximum absolute atomic E-state index is 12.9. The van der Waals surface area contributed by atoms with Gasteiger partial charge >= 0.3 is 5.97 Å². The molecule has 6 heteroatoms. The molecule has 1 heterocycles. The number of para-hydroxylation sites is 2. The number of benzene rings is 3. The quantitative estimate of drug-likeness (QED) is 0.162. The van der Waals surface area contributed by atoms with Gasteiger partial charge in [-0.25, -0.2) is 4.79 Å². The molecule has 1 aromatic heterocycles. The van der Waals surface area contributed by atoms with Crippen molar-refractivity contribution in [2.24, 2.45) is 0 Å². The standard InChI is InChI=1S/C29H26O6/c1-4-32-24-7-5-6-8-25(24)35-27-18-33-26-17-22(14-15-23(26)29(27)31)34-28(30)16-11-20-9-12-21(13-10-20)19(2)3/h5-19H,4H2,1-3H3. The molecule has 0 atom stereocenters. The predicted octanol–water partition coefficient (Wildman–Crippen LogP) is 6.73. The molecule has 4 rings (SSSR count). The van der Waals surface area contributed by atoms with Crippen molar-refractivity contribution in [1.29, 1.82) is 0 Å². The second-order valence-corrected chi connectivity index (χ2v) is 8.14. The van der Waals surface area contributed by atoms with E-state index in [1.165, 1.54) is 24.0 Å². The largest absolute Gasteiger partial charge is 0.490 e. The van der Waals surface area contributed by atoms with Crippen LogP contribution in [0.3, 0.4) is 0 Å². The van der Waals surface area contributed by atoms with E-state index in [4.69, 9.17) is 18.6 Å². The zero-order valence-electron chi connectivity index (χ0n) is 19.8. The van der Waals surface area contributed by atoms with E-state index in [0.717, 1.165) is 5.56 Å². The molecule has 0 radical (unpaired) electrons. The van der Waals surface area contributed by atoms with Crippen molar-refractivity contribution in [2.75, 3.05) is 6.61 Å². The van der Waals surface area contributed by atoms with Crippen LogP contribution in [0.15, 0.2) is 88.3 Å². The van der Waals surface area contributed by atoms with E-state index >= 15 is 0 Å². The van der Waals surface area contributed by atoms with E-state index in [1.807, 2.05) is 37.3 Å².